The van der Waals surface area contributed by atoms with Gasteiger partial charge in [0.1, 0.15) is 0 Å². The third kappa shape index (κ3) is 3.97. The number of hydrogen-bond donors (Lipinski definition) is 1. The topological polar surface area (TPSA) is 97.1 Å². The van der Waals surface area contributed by atoms with Gasteiger partial charge in [0, 0.05) is 23.1 Å². The number of hydrazine groups is 1. The zero-order chi connectivity index (χ0) is 25.6. The summed E-state index contributed by atoms with van der Waals surface area (Å²) in [4.78, 5) is 27.1. The summed E-state index contributed by atoms with van der Waals surface area (Å²) in [5.74, 6) is -1.37. The number of amides is 1. The van der Waals surface area contributed by atoms with E-state index >= 15 is 0 Å². The number of anilines is 1. The average Bonchev–Trinajstić information content (AvgIpc) is 3.54. The summed E-state index contributed by atoms with van der Waals surface area (Å²) >= 11 is 3.56. The minimum atomic E-state index is -0.953. The molecule has 2 atom stereocenters. The van der Waals surface area contributed by atoms with Crippen LogP contribution in [0.2, 0.25) is 0 Å². The molecule has 186 valence electrons. The maximum atomic E-state index is 14.6. The van der Waals surface area contributed by atoms with Gasteiger partial charge >= 0.3 is 6.09 Å². The van der Waals surface area contributed by atoms with E-state index < -0.39 is 17.8 Å². The molecule has 3 heterocycles. The molecular formula is C26H24BrFN4O4. The number of ether oxygens (including phenoxy) is 1. The van der Waals surface area contributed by atoms with Crippen molar-refractivity contribution in [1.82, 2.24) is 9.91 Å². The summed E-state index contributed by atoms with van der Waals surface area (Å²) in [6, 6.07) is 9.56. The minimum absolute atomic E-state index is 0.0912. The van der Waals surface area contributed by atoms with Crippen molar-refractivity contribution in [3.8, 4) is 11.8 Å². The number of likely N-dealkylation sites (tertiary alicyclic amines) is 1. The van der Waals surface area contributed by atoms with Gasteiger partial charge in [-0.1, -0.05) is 12.1 Å². The average molecular weight is 555 g/mol. The molecule has 36 heavy (non-hydrogen) atoms. The molecule has 2 aromatic carbocycles. The van der Waals surface area contributed by atoms with Gasteiger partial charge < -0.3 is 9.84 Å². The number of methoxy groups -OCH3 is 1. The van der Waals surface area contributed by atoms with Gasteiger partial charge in [0.2, 0.25) is 0 Å². The number of nitrogens with zero attached hydrogens (tertiary/aromatic N) is 4. The molecule has 3 aliphatic heterocycles. The van der Waals surface area contributed by atoms with E-state index in [1.807, 2.05) is 10.0 Å². The molecule has 1 unspecified atom stereocenters. The number of Topliss-reactive ketones (excluding diaryl/α,β-unsaturated/α-hetero) is 1. The first-order chi connectivity index (χ1) is 17.3. The number of nitriles is 1. The quantitative estimate of drug-likeness (QED) is 0.573. The Morgan fingerprint density at radius 1 is 1.25 bits per heavy atom. The number of benzene rings is 2. The molecule has 3 aliphatic rings. The van der Waals surface area contributed by atoms with Crippen LogP contribution in [0.25, 0.3) is 0 Å². The predicted molar refractivity (Wildman–Crippen MR) is 133 cm³/mol. The monoisotopic (exact) mass is 554 g/mol. The van der Waals surface area contributed by atoms with Gasteiger partial charge in [0.25, 0.3) is 0 Å². The second-order valence-corrected chi connectivity index (χ2v) is 9.89. The Bertz CT molecular complexity index is 1320. The SMILES string of the molecule is COc1ccc(C2CN(N3CCC=C3[C@@H]3CCCN3C(=O)O)c3c(Br)cc(C#N)cc3C2=O)cc1F. The molecule has 0 radical (unpaired) electrons. The number of fused-ring (bicyclic) bond motifs is 1. The van der Waals surface area contributed by atoms with Crippen molar-refractivity contribution in [3.05, 3.63) is 69.1 Å². The van der Waals surface area contributed by atoms with Crippen LogP contribution in [-0.2, 0) is 0 Å². The smallest absolute Gasteiger partial charge is 0.407 e. The van der Waals surface area contributed by atoms with Crippen LogP contribution in [0, 0.1) is 17.1 Å². The number of rotatable bonds is 4. The molecular weight excluding hydrogens is 531 g/mol. The van der Waals surface area contributed by atoms with Gasteiger partial charge in [-0.2, -0.15) is 5.26 Å². The van der Waals surface area contributed by atoms with Gasteiger partial charge in [-0.15, -0.1) is 0 Å². The molecule has 0 aromatic heterocycles. The summed E-state index contributed by atoms with van der Waals surface area (Å²) in [5, 5.41) is 23.3. The number of hydrogen-bond acceptors (Lipinski definition) is 6. The Labute approximate surface area is 216 Å². The number of carboxylic acid groups (broad SMARTS) is 1. The third-order valence-corrected chi connectivity index (χ3v) is 7.69. The number of carbonyl (C=O) groups excluding carboxylic acids is 1. The van der Waals surface area contributed by atoms with E-state index in [2.05, 4.69) is 28.1 Å². The fraction of sp³-hybridized carbons (Fsp3) is 0.346. The van der Waals surface area contributed by atoms with Crippen molar-refractivity contribution in [3.63, 3.8) is 0 Å². The molecule has 10 heteroatoms. The van der Waals surface area contributed by atoms with Crippen LogP contribution in [0.4, 0.5) is 14.9 Å². The lowest BCUT2D eigenvalue weighted by Crippen LogP contribution is -2.51. The second-order valence-electron chi connectivity index (χ2n) is 9.03. The molecule has 0 saturated carbocycles. The van der Waals surface area contributed by atoms with Crippen LogP contribution in [0.1, 0.15) is 46.7 Å². The normalized spacial score (nSPS) is 21.3. The second kappa shape index (κ2) is 9.47. The highest BCUT2D eigenvalue weighted by atomic mass is 79.9. The van der Waals surface area contributed by atoms with E-state index in [1.54, 1.807) is 18.2 Å². The van der Waals surface area contributed by atoms with Crippen LogP contribution in [-0.4, -0.2) is 59.7 Å². The lowest BCUT2D eigenvalue weighted by molar-refractivity contribution is 0.0943. The minimum Gasteiger partial charge on any atom is -0.494 e. The Kier molecular flexibility index (Phi) is 6.35. The van der Waals surface area contributed by atoms with E-state index in [9.17, 15) is 24.3 Å². The van der Waals surface area contributed by atoms with Crippen molar-refractivity contribution >= 4 is 33.5 Å². The van der Waals surface area contributed by atoms with E-state index in [0.717, 1.165) is 25.0 Å². The van der Waals surface area contributed by atoms with Crippen LogP contribution >= 0.6 is 15.9 Å². The standard InChI is InChI=1S/C26H24BrFN4O4/c1-36-23-7-6-16(12-20(23)28)18-14-32(24-17(25(18)33)10-15(13-29)11-19(24)27)31-9-3-5-22(31)21-4-2-8-30(21)26(34)35/h5-7,10-12,18,21H,2-4,8-9,14H2,1H3,(H,34,35)/t18?,21-/m0/s1. The molecule has 1 N–H and O–H groups in total. The highest BCUT2D eigenvalue weighted by Gasteiger charge is 2.42. The Balaban J connectivity index is 1.60. The molecule has 1 fully saturated rings. The zero-order valence-corrected chi connectivity index (χ0v) is 21.2. The van der Waals surface area contributed by atoms with E-state index in [1.165, 1.54) is 24.1 Å². The van der Waals surface area contributed by atoms with Crippen LogP contribution in [0.5, 0.6) is 5.75 Å². The maximum Gasteiger partial charge on any atom is 0.407 e. The summed E-state index contributed by atoms with van der Waals surface area (Å²) < 4.78 is 20.2. The van der Waals surface area contributed by atoms with Gasteiger partial charge in [0.15, 0.2) is 17.3 Å². The Morgan fingerprint density at radius 2 is 2.06 bits per heavy atom. The van der Waals surface area contributed by atoms with Crippen molar-refractivity contribution in [2.45, 2.75) is 31.2 Å². The molecule has 2 aromatic rings. The lowest BCUT2D eigenvalue weighted by atomic mass is 9.85. The van der Waals surface area contributed by atoms with Crippen molar-refractivity contribution in [2.75, 3.05) is 31.8 Å². The van der Waals surface area contributed by atoms with Crippen molar-refractivity contribution in [1.29, 1.82) is 5.26 Å². The van der Waals surface area contributed by atoms with Crippen LogP contribution in [0.3, 0.4) is 0 Å². The molecule has 0 aliphatic carbocycles. The molecule has 0 spiro atoms. The molecule has 5 rings (SSSR count). The fourth-order valence-electron chi connectivity index (χ4n) is 5.46. The van der Waals surface area contributed by atoms with Crippen LogP contribution < -0.4 is 9.75 Å². The molecule has 1 saturated heterocycles. The number of ketones is 1. The van der Waals surface area contributed by atoms with Crippen LogP contribution in [0.15, 0.2) is 46.6 Å². The summed E-state index contributed by atoms with van der Waals surface area (Å²) in [6.07, 6.45) is 3.33. The summed E-state index contributed by atoms with van der Waals surface area (Å²) in [7, 11) is 1.38. The van der Waals surface area contributed by atoms with Crippen molar-refractivity contribution < 1.29 is 23.8 Å². The maximum absolute atomic E-state index is 14.6. The van der Waals surface area contributed by atoms with E-state index in [0.29, 0.717) is 39.9 Å². The van der Waals surface area contributed by atoms with E-state index in [-0.39, 0.29) is 24.1 Å². The Hall–Kier alpha value is -3.58. The molecule has 1 amide bonds. The van der Waals surface area contributed by atoms with Crippen molar-refractivity contribution in [2.24, 2.45) is 0 Å². The van der Waals surface area contributed by atoms with Gasteiger partial charge in [-0.05, 0) is 65.0 Å². The molecule has 0 bridgehead atoms. The largest absolute Gasteiger partial charge is 0.494 e. The van der Waals surface area contributed by atoms with Gasteiger partial charge in [-0.25, -0.2) is 9.18 Å². The molecule has 8 nitrogen and oxygen atoms in total. The fourth-order valence-corrected chi connectivity index (χ4v) is 6.13. The zero-order valence-electron chi connectivity index (χ0n) is 19.6. The highest BCUT2D eigenvalue weighted by Crippen LogP contribution is 2.44. The first-order valence-corrected chi connectivity index (χ1v) is 12.5. The summed E-state index contributed by atoms with van der Waals surface area (Å²) in [5.41, 5.74) is 2.70. The Morgan fingerprint density at radius 3 is 2.75 bits per heavy atom. The highest BCUT2D eigenvalue weighted by molar-refractivity contribution is 9.10. The summed E-state index contributed by atoms with van der Waals surface area (Å²) in [6.45, 7) is 1.32. The van der Waals surface area contributed by atoms with Gasteiger partial charge in [0.05, 0.1) is 48.6 Å². The van der Waals surface area contributed by atoms with Gasteiger partial charge in [-0.3, -0.25) is 19.7 Å². The first kappa shape index (κ1) is 24.1. The third-order valence-electron chi connectivity index (χ3n) is 7.09. The predicted octanol–water partition coefficient (Wildman–Crippen LogP) is 4.90. The van der Waals surface area contributed by atoms with E-state index in [4.69, 9.17) is 4.74 Å². The number of halogens is 2. The number of carbonyl (C=O) groups is 2. The first-order valence-electron chi connectivity index (χ1n) is 11.7. The lowest BCUT2D eigenvalue weighted by Gasteiger charge is -2.45.